The van der Waals surface area contributed by atoms with Gasteiger partial charge in [0.2, 0.25) is 0 Å². The van der Waals surface area contributed by atoms with Crippen LogP contribution in [0.1, 0.15) is 21.5 Å². The van der Waals surface area contributed by atoms with Crippen molar-refractivity contribution in [2.45, 2.75) is 19.0 Å². The van der Waals surface area contributed by atoms with Gasteiger partial charge in [0.15, 0.2) is 0 Å². The molecule has 1 unspecified atom stereocenters. The minimum absolute atomic E-state index is 0.127. The number of ether oxygens (including phenoxy) is 1. The lowest BCUT2D eigenvalue weighted by Gasteiger charge is -2.36. The van der Waals surface area contributed by atoms with Crippen molar-refractivity contribution in [2.24, 2.45) is 0 Å². The predicted molar refractivity (Wildman–Crippen MR) is 133 cm³/mol. The fourth-order valence-corrected chi connectivity index (χ4v) is 4.34. The predicted octanol–water partition coefficient (Wildman–Crippen LogP) is 2.75. The van der Waals surface area contributed by atoms with Crippen LogP contribution in [0.4, 0.5) is 5.82 Å². The average Bonchev–Trinajstić information content (AvgIpc) is 2.89. The van der Waals surface area contributed by atoms with Crippen molar-refractivity contribution in [1.29, 1.82) is 0 Å². The van der Waals surface area contributed by atoms with Gasteiger partial charge in [0.1, 0.15) is 11.6 Å². The maximum Gasteiger partial charge on any atom is 0.255 e. The van der Waals surface area contributed by atoms with E-state index in [2.05, 4.69) is 26.2 Å². The summed E-state index contributed by atoms with van der Waals surface area (Å²) >= 11 is 0. The third-order valence-electron chi connectivity index (χ3n) is 6.17. The van der Waals surface area contributed by atoms with Gasteiger partial charge in [0, 0.05) is 44.5 Å². The molecule has 1 fully saturated rings. The molecule has 1 aliphatic rings. The lowest BCUT2D eigenvalue weighted by Crippen LogP contribution is -2.47. The number of amides is 1. The van der Waals surface area contributed by atoms with Crippen molar-refractivity contribution in [1.82, 2.24) is 15.2 Å². The van der Waals surface area contributed by atoms with Gasteiger partial charge in [-0.3, -0.25) is 9.69 Å². The van der Waals surface area contributed by atoms with E-state index in [1.54, 1.807) is 25.4 Å². The third-order valence-corrected chi connectivity index (χ3v) is 6.17. The average molecular weight is 461 g/mol. The number of anilines is 1. The van der Waals surface area contributed by atoms with Gasteiger partial charge in [-0.2, -0.15) is 0 Å². The minimum Gasteiger partial charge on any atom is -0.496 e. The zero-order valence-electron chi connectivity index (χ0n) is 19.6. The molecule has 1 atom stereocenters. The highest BCUT2D eigenvalue weighted by atomic mass is 16.5. The van der Waals surface area contributed by atoms with Gasteiger partial charge in [-0.25, -0.2) is 4.98 Å². The van der Waals surface area contributed by atoms with E-state index in [1.807, 2.05) is 48.5 Å². The SMILES string of the molecule is COc1ccccc1CN1CCN(c2ncccc2C(=O)NC(CO)Cc2ccccc2)CC1. The van der Waals surface area contributed by atoms with Gasteiger partial charge in [-0.05, 0) is 30.2 Å². The molecule has 1 aliphatic heterocycles. The number of hydrogen-bond donors (Lipinski definition) is 2. The molecule has 0 spiro atoms. The number of aromatic nitrogens is 1. The van der Waals surface area contributed by atoms with E-state index in [0.717, 1.165) is 44.0 Å². The Morgan fingerprint density at radius 3 is 2.50 bits per heavy atom. The number of carbonyl (C=O) groups excluding carboxylic acids is 1. The highest BCUT2D eigenvalue weighted by Gasteiger charge is 2.24. The Morgan fingerprint density at radius 2 is 1.76 bits per heavy atom. The summed E-state index contributed by atoms with van der Waals surface area (Å²) in [4.78, 5) is 22.2. The molecular formula is C27H32N4O3. The molecule has 34 heavy (non-hydrogen) atoms. The van der Waals surface area contributed by atoms with Crippen molar-refractivity contribution >= 4 is 11.7 Å². The lowest BCUT2D eigenvalue weighted by molar-refractivity contribution is 0.0916. The molecule has 0 bridgehead atoms. The highest BCUT2D eigenvalue weighted by Crippen LogP contribution is 2.23. The fraction of sp³-hybridized carbons (Fsp3) is 0.333. The molecule has 0 aliphatic carbocycles. The van der Waals surface area contributed by atoms with Crippen LogP contribution in [-0.4, -0.2) is 66.8 Å². The summed E-state index contributed by atoms with van der Waals surface area (Å²) in [7, 11) is 1.70. The third kappa shape index (κ3) is 5.92. The number of aliphatic hydroxyl groups is 1. The first-order chi connectivity index (χ1) is 16.7. The fourth-order valence-electron chi connectivity index (χ4n) is 4.34. The first-order valence-electron chi connectivity index (χ1n) is 11.7. The van der Waals surface area contributed by atoms with Crippen LogP contribution >= 0.6 is 0 Å². The molecule has 1 saturated heterocycles. The van der Waals surface area contributed by atoms with Crippen molar-refractivity contribution in [3.05, 3.63) is 89.6 Å². The van der Waals surface area contributed by atoms with Crippen LogP contribution in [0.5, 0.6) is 5.75 Å². The Balaban J connectivity index is 1.39. The van der Waals surface area contributed by atoms with E-state index in [9.17, 15) is 9.90 Å². The van der Waals surface area contributed by atoms with E-state index in [4.69, 9.17) is 4.74 Å². The number of pyridine rings is 1. The Kier molecular flexibility index (Phi) is 8.12. The molecule has 2 heterocycles. The smallest absolute Gasteiger partial charge is 0.255 e. The zero-order valence-corrected chi connectivity index (χ0v) is 19.6. The van der Waals surface area contributed by atoms with Crippen molar-refractivity contribution < 1.29 is 14.6 Å². The summed E-state index contributed by atoms with van der Waals surface area (Å²) in [6.45, 7) is 3.98. The molecule has 7 heteroatoms. The number of para-hydroxylation sites is 1. The number of hydrogen-bond acceptors (Lipinski definition) is 6. The molecule has 7 nitrogen and oxygen atoms in total. The quantitative estimate of drug-likeness (QED) is 0.511. The van der Waals surface area contributed by atoms with E-state index in [-0.39, 0.29) is 18.6 Å². The number of aliphatic hydroxyl groups excluding tert-OH is 1. The van der Waals surface area contributed by atoms with Gasteiger partial charge in [-0.1, -0.05) is 48.5 Å². The van der Waals surface area contributed by atoms with Gasteiger partial charge < -0.3 is 20.1 Å². The summed E-state index contributed by atoms with van der Waals surface area (Å²) < 4.78 is 5.49. The Hall–Kier alpha value is -3.42. The number of carbonyl (C=O) groups is 1. The molecule has 4 rings (SSSR count). The van der Waals surface area contributed by atoms with E-state index in [0.29, 0.717) is 17.8 Å². The maximum atomic E-state index is 13.1. The van der Waals surface area contributed by atoms with Crippen LogP contribution in [0.2, 0.25) is 0 Å². The highest BCUT2D eigenvalue weighted by molar-refractivity contribution is 5.99. The number of rotatable bonds is 9. The second kappa shape index (κ2) is 11.6. The normalized spacial score (nSPS) is 15.1. The lowest BCUT2D eigenvalue weighted by atomic mass is 10.1. The molecule has 0 saturated carbocycles. The summed E-state index contributed by atoms with van der Waals surface area (Å²) in [5.74, 6) is 1.38. The number of piperazine rings is 1. The Bertz CT molecular complexity index is 1070. The molecule has 1 amide bonds. The topological polar surface area (TPSA) is 77.9 Å². The molecule has 2 aromatic carbocycles. The van der Waals surface area contributed by atoms with E-state index in [1.165, 1.54) is 5.56 Å². The second-order valence-electron chi connectivity index (χ2n) is 8.49. The molecule has 0 radical (unpaired) electrons. The largest absolute Gasteiger partial charge is 0.496 e. The van der Waals surface area contributed by atoms with Crippen LogP contribution in [0.25, 0.3) is 0 Å². The number of nitrogens with one attached hydrogen (secondary N) is 1. The van der Waals surface area contributed by atoms with Crippen molar-refractivity contribution in [2.75, 3.05) is 44.8 Å². The number of nitrogens with zero attached hydrogens (tertiary/aromatic N) is 3. The molecule has 178 valence electrons. The van der Waals surface area contributed by atoms with Crippen LogP contribution in [-0.2, 0) is 13.0 Å². The standard InChI is InChI=1S/C27H32N4O3/c1-34-25-12-6-5-10-22(25)19-30-14-16-31(17-15-30)26-24(11-7-13-28-26)27(33)29-23(20-32)18-21-8-3-2-4-9-21/h2-13,23,32H,14-20H2,1H3,(H,29,33). The van der Waals surface area contributed by atoms with Crippen LogP contribution in [0.3, 0.4) is 0 Å². The van der Waals surface area contributed by atoms with Crippen LogP contribution in [0, 0.1) is 0 Å². The summed E-state index contributed by atoms with van der Waals surface area (Å²) in [5.41, 5.74) is 2.77. The minimum atomic E-state index is -0.361. The maximum absolute atomic E-state index is 13.1. The number of benzene rings is 2. The molecular weight excluding hydrogens is 428 g/mol. The van der Waals surface area contributed by atoms with Gasteiger partial charge in [-0.15, -0.1) is 0 Å². The van der Waals surface area contributed by atoms with E-state index >= 15 is 0 Å². The molecule has 3 aromatic rings. The Morgan fingerprint density at radius 1 is 1.03 bits per heavy atom. The van der Waals surface area contributed by atoms with Gasteiger partial charge in [0.05, 0.1) is 25.3 Å². The number of methoxy groups -OCH3 is 1. The van der Waals surface area contributed by atoms with E-state index < -0.39 is 0 Å². The summed E-state index contributed by atoms with van der Waals surface area (Å²) in [5, 5.41) is 12.8. The van der Waals surface area contributed by atoms with Crippen LogP contribution in [0.15, 0.2) is 72.9 Å². The molecule has 1 aromatic heterocycles. The van der Waals surface area contributed by atoms with Gasteiger partial charge >= 0.3 is 0 Å². The van der Waals surface area contributed by atoms with Crippen molar-refractivity contribution in [3.8, 4) is 5.75 Å². The molecule has 2 N–H and O–H groups in total. The van der Waals surface area contributed by atoms with Crippen molar-refractivity contribution in [3.63, 3.8) is 0 Å². The van der Waals surface area contributed by atoms with Crippen LogP contribution < -0.4 is 15.0 Å². The Labute approximate surface area is 201 Å². The van der Waals surface area contributed by atoms with Gasteiger partial charge in [0.25, 0.3) is 5.91 Å². The monoisotopic (exact) mass is 460 g/mol. The first kappa shape index (κ1) is 23.7. The summed E-state index contributed by atoms with van der Waals surface area (Å²) in [6.07, 6.45) is 2.29. The summed E-state index contributed by atoms with van der Waals surface area (Å²) in [6, 6.07) is 21.2. The second-order valence-corrected chi connectivity index (χ2v) is 8.49. The zero-order chi connectivity index (χ0) is 23.8. The first-order valence-corrected chi connectivity index (χ1v) is 11.7.